The van der Waals surface area contributed by atoms with Crippen molar-refractivity contribution in [1.29, 1.82) is 0 Å². The molecule has 0 unspecified atom stereocenters. The Kier molecular flexibility index (Phi) is 4.33. The summed E-state index contributed by atoms with van der Waals surface area (Å²) in [4.78, 5) is 4.24. The van der Waals surface area contributed by atoms with Gasteiger partial charge < -0.3 is 11.1 Å². The van der Waals surface area contributed by atoms with Gasteiger partial charge in [-0.1, -0.05) is 12.7 Å². The Balaban J connectivity index is 2.92. The number of hydrogen-bond donors (Lipinski definition) is 2. The van der Waals surface area contributed by atoms with Crippen LogP contribution in [0, 0.1) is 0 Å². The number of anilines is 1. The molecule has 3 nitrogen and oxygen atoms in total. The summed E-state index contributed by atoms with van der Waals surface area (Å²) in [7, 11) is 1.87. The van der Waals surface area contributed by atoms with Crippen LogP contribution in [0.2, 0.25) is 0 Å². The van der Waals surface area contributed by atoms with Crippen molar-refractivity contribution < 1.29 is 0 Å². The Morgan fingerprint density at radius 2 is 2.31 bits per heavy atom. The van der Waals surface area contributed by atoms with E-state index in [0.717, 1.165) is 17.0 Å². The first-order valence-corrected chi connectivity index (χ1v) is 5.10. The van der Waals surface area contributed by atoms with E-state index in [1.165, 1.54) is 0 Å². The lowest BCUT2D eigenvalue weighted by atomic mass is 10.1. The first kappa shape index (κ1) is 12.0. The maximum absolute atomic E-state index is 5.76. The minimum atomic E-state index is 0.671. The maximum Gasteiger partial charge on any atom is 0.0717 e. The van der Waals surface area contributed by atoms with Gasteiger partial charge >= 0.3 is 0 Å². The van der Waals surface area contributed by atoms with Crippen molar-refractivity contribution >= 4 is 11.3 Å². The summed E-state index contributed by atoms with van der Waals surface area (Å²) >= 11 is 0. The summed E-state index contributed by atoms with van der Waals surface area (Å²) in [5.41, 5.74) is 9.06. The van der Waals surface area contributed by atoms with E-state index >= 15 is 0 Å². The molecule has 0 aliphatic heterocycles. The van der Waals surface area contributed by atoms with Crippen LogP contribution in [0.4, 0.5) is 5.69 Å². The van der Waals surface area contributed by atoms with E-state index in [0.29, 0.717) is 5.70 Å². The Labute approximate surface area is 96.4 Å². The van der Waals surface area contributed by atoms with Gasteiger partial charge in [-0.2, -0.15) is 0 Å². The van der Waals surface area contributed by atoms with Crippen LogP contribution in [-0.2, 0) is 0 Å². The second kappa shape index (κ2) is 5.75. The summed E-state index contributed by atoms with van der Waals surface area (Å²) in [5.74, 6) is 0. The van der Waals surface area contributed by atoms with Crippen molar-refractivity contribution in [2.24, 2.45) is 5.73 Å². The minimum Gasteiger partial charge on any atom is -0.399 e. The van der Waals surface area contributed by atoms with Crippen LogP contribution in [0.1, 0.15) is 12.6 Å². The zero-order valence-electron chi connectivity index (χ0n) is 9.70. The topological polar surface area (TPSA) is 50.9 Å². The van der Waals surface area contributed by atoms with Crippen molar-refractivity contribution in [3.8, 4) is 0 Å². The third-order valence-corrected chi connectivity index (χ3v) is 2.08. The zero-order valence-corrected chi connectivity index (χ0v) is 9.70. The van der Waals surface area contributed by atoms with Gasteiger partial charge in [-0.25, -0.2) is 0 Å². The van der Waals surface area contributed by atoms with E-state index in [1.807, 2.05) is 44.3 Å². The number of nitrogens with one attached hydrogen (secondary N) is 1. The summed E-state index contributed by atoms with van der Waals surface area (Å²) in [6, 6.07) is 3.83. The standard InChI is InChI=1S/C13H17N3/c1-4-5-11(14)8-10(2)13-9-12(15-3)6-7-16-13/h4-9H,2,14H2,1,3H3,(H,15,16)/b5-4-,11-8+. The highest BCUT2D eigenvalue weighted by molar-refractivity contribution is 5.72. The number of rotatable bonds is 4. The van der Waals surface area contributed by atoms with Crippen molar-refractivity contribution in [1.82, 2.24) is 4.98 Å². The molecule has 1 aromatic heterocycles. The van der Waals surface area contributed by atoms with E-state index in [9.17, 15) is 0 Å². The van der Waals surface area contributed by atoms with Gasteiger partial charge in [-0.05, 0) is 36.8 Å². The van der Waals surface area contributed by atoms with Gasteiger partial charge in [0.25, 0.3) is 0 Å². The quantitative estimate of drug-likeness (QED) is 0.759. The third-order valence-electron chi connectivity index (χ3n) is 2.08. The number of aromatic nitrogens is 1. The van der Waals surface area contributed by atoms with Crippen LogP contribution >= 0.6 is 0 Å². The van der Waals surface area contributed by atoms with E-state index in [2.05, 4.69) is 16.9 Å². The average Bonchev–Trinajstić information content (AvgIpc) is 2.29. The van der Waals surface area contributed by atoms with E-state index in [1.54, 1.807) is 6.20 Å². The van der Waals surface area contributed by atoms with Gasteiger partial charge in [0.15, 0.2) is 0 Å². The zero-order chi connectivity index (χ0) is 12.0. The molecule has 3 N–H and O–H groups in total. The van der Waals surface area contributed by atoms with Gasteiger partial charge in [-0.3, -0.25) is 4.98 Å². The van der Waals surface area contributed by atoms with E-state index in [-0.39, 0.29) is 0 Å². The summed E-state index contributed by atoms with van der Waals surface area (Å²) < 4.78 is 0. The summed E-state index contributed by atoms with van der Waals surface area (Å²) in [5, 5.41) is 3.05. The molecule has 3 heteroatoms. The average molecular weight is 215 g/mol. The highest BCUT2D eigenvalue weighted by Gasteiger charge is 1.99. The van der Waals surface area contributed by atoms with Gasteiger partial charge in [0.05, 0.1) is 5.69 Å². The molecule has 0 atom stereocenters. The Bertz CT molecular complexity index is 431. The molecular formula is C13H17N3. The number of nitrogens with zero attached hydrogens (tertiary/aromatic N) is 1. The number of hydrogen-bond acceptors (Lipinski definition) is 3. The van der Waals surface area contributed by atoms with Crippen LogP contribution in [0.3, 0.4) is 0 Å². The molecule has 1 rings (SSSR count). The summed E-state index contributed by atoms with van der Waals surface area (Å²) in [6.45, 7) is 5.86. The van der Waals surface area contributed by atoms with Crippen molar-refractivity contribution in [3.63, 3.8) is 0 Å². The van der Waals surface area contributed by atoms with Crippen LogP contribution in [0.25, 0.3) is 5.57 Å². The predicted molar refractivity (Wildman–Crippen MR) is 69.9 cm³/mol. The van der Waals surface area contributed by atoms with Crippen LogP contribution in [-0.4, -0.2) is 12.0 Å². The largest absolute Gasteiger partial charge is 0.399 e. The highest BCUT2D eigenvalue weighted by atomic mass is 14.8. The highest BCUT2D eigenvalue weighted by Crippen LogP contribution is 2.16. The molecule has 1 aromatic rings. The number of nitrogens with two attached hydrogens (primary N) is 1. The fourth-order valence-electron chi connectivity index (χ4n) is 1.28. The van der Waals surface area contributed by atoms with Gasteiger partial charge in [0.2, 0.25) is 0 Å². The molecule has 1 heterocycles. The monoisotopic (exact) mass is 215 g/mol. The van der Waals surface area contributed by atoms with Gasteiger partial charge in [0, 0.05) is 24.6 Å². The molecule has 0 fully saturated rings. The molecule has 0 saturated carbocycles. The Morgan fingerprint density at radius 3 is 2.94 bits per heavy atom. The molecule has 0 radical (unpaired) electrons. The molecule has 0 aromatic carbocycles. The molecule has 84 valence electrons. The van der Waals surface area contributed by atoms with Gasteiger partial charge in [0.1, 0.15) is 0 Å². The molecule has 0 bridgehead atoms. The third kappa shape index (κ3) is 3.28. The van der Waals surface area contributed by atoms with Gasteiger partial charge in [-0.15, -0.1) is 0 Å². The number of allylic oxidation sites excluding steroid dienone is 4. The first-order chi connectivity index (χ1) is 7.67. The predicted octanol–water partition coefficient (Wildman–Crippen LogP) is 2.56. The SMILES string of the molecule is C=C(/C=C(N)\C=C/C)c1cc(NC)ccn1. The molecule has 0 spiro atoms. The lowest BCUT2D eigenvalue weighted by Gasteiger charge is -2.04. The normalized spacial score (nSPS) is 11.8. The van der Waals surface area contributed by atoms with Crippen molar-refractivity contribution in [2.45, 2.75) is 6.92 Å². The van der Waals surface area contributed by atoms with Crippen molar-refractivity contribution in [3.05, 3.63) is 54.5 Å². The van der Waals surface area contributed by atoms with Crippen LogP contribution < -0.4 is 11.1 Å². The second-order valence-electron chi connectivity index (χ2n) is 3.35. The summed E-state index contributed by atoms with van der Waals surface area (Å²) in [6.07, 6.45) is 7.26. The van der Waals surface area contributed by atoms with Crippen LogP contribution in [0.15, 0.2) is 48.8 Å². The lowest BCUT2D eigenvalue weighted by Crippen LogP contribution is -1.95. The van der Waals surface area contributed by atoms with E-state index in [4.69, 9.17) is 5.73 Å². The maximum atomic E-state index is 5.76. The fourth-order valence-corrected chi connectivity index (χ4v) is 1.28. The lowest BCUT2D eigenvalue weighted by molar-refractivity contribution is 1.27. The van der Waals surface area contributed by atoms with Crippen LogP contribution in [0.5, 0.6) is 0 Å². The molecule has 0 amide bonds. The first-order valence-electron chi connectivity index (χ1n) is 5.10. The van der Waals surface area contributed by atoms with E-state index < -0.39 is 0 Å². The minimum absolute atomic E-state index is 0.671. The molecule has 0 aliphatic carbocycles. The Morgan fingerprint density at radius 1 is 1.56 bits per heavy atom. The molecular weight excluding hydrogens is 198 g/mol. The molecule has 0 saturated heterocycles. The fraction of sp³-hybridized carbons (Fsp3) is 0.154. The van der Waals surface area contributed by atoms with Crippen molar-refractivity contribution in [2.75, 3.05) is 12.4 Å². The number of pyridine rings is 1. The molecule has 0 aliphatic rings. The smallest absolute Gasteiger partial charge is 0.0717 e. The second-order valence-corrected chi connectivity index (χ2v) is 3.35. The molecule has 16 heavy (non-hydrogen) atoms. The Hall–Kier alpha value is -2.03.